The van der Waals surface area contributed by atoms with Crippen LogP contribution in [0.2, 0.25) is 0 Å². The fraction of sp³-hybridized carbons (Fsp3) is 0.414. The smallest absolute Gasteiger partial charge is 0.324 e. The normalized spacial score (nSPS) is 14.1. The summed E-state index contributed by atoms with van der Waals surface area (Å²) in [5, 5.41) is 15.9. The molecule has 3 aromatic heterocycles. The van der Waals surface area contributed by atoms with Crippen molar-refractivity contribution in [3.63, 3.8) is 0 Å². The third-order valence-corrected chi connectivity index (χ3v) is 7.13. The molecule has 40 heavy (non-hydrogen) atoms. The molecule has 4 aromatic rings. The van der Waals surface area contributed by atoms with Gasteiger partial charge in [-0.15, -0.1) is 0 Å². The van der Waals surface area contributed by atoms with E-state index in [4.69, 9.17) is 0 Å². The van der Waals surface area contributed by atoms with Gasteiger partial charge in [0.15, 0.2) is 5.82 Å². The van der Waals surface area contributed by atoms with Crippen molar-refractivity contribution in [3.8, 4) is 11.1 Å². The van der Waals surface area contributed by atoms with Crippen molar-refractivity contribution in [2.45, 2.75) is 65.8 Å². The first-order chi connectivity index (χ1) is 19.0. The van der Waals surface area contributed by atoms with Crippen molar-refractivity contribution in [2.24, 2.45) is 5.41 Å². The number of fused-ring (bicyclic) bond motifs is 1. The van der Waals surface area contributed by atoms with Crippen LogP contribution in [0, 0.1) is 18.2 Å². The summed E-state index contributed by atoms with van der Waals surface area (Å²) in [6.45, 7) is 8.06. The Labute approximate surface area is 231 Å². The van der Waals surface area contributed by atoms with Crippen molar-refractivity contribution in [1.29, 1.82) is 0 Å². The number of aryl methyl sites for hydroxylation is 1. The van der Waals surface area contributed by atoms with Crippen LogP contribution in [0.5, 0.6) is 0 Å². The molecule has 4 N–H and O–H groups in total. The van der Waals surface area contributed by atoms with Gasteiger partial charge in [-0.3, -0.25) is 19.8 Å². The Morgan fingerprint density at radius 3 is 2.58 bits per heavy atom. The van der Waals surface area contributed by atoms with E-state index in [9.17, 15) is 9.59 Å². The molecule has 0 spiro atoms. The molecule has 1 aliphatic rings. The van der Waals surface area contributed by atoms with Crippen LogP contribution in [0.25, 0.3) is 22.2 Å². The molecule has 1 aromatic carbocycles. The molecule has 210 valence electrons. The number of hydrogen-bond acceptors (Lipinski definition) is 6. The second-order valence-corrected chi connectivity index (χ2v) is 11.6. The Kier molecular flexibility index (Phi) is 7.31. The molecule has 1 fully saturated rings. The number of pyridine rings is 1. The minimum absolute atomic E-state index is 0.0238. The van der Waals surface area contributed by atoms with Crippen LogP contribution in [0.3, 0.4) is 0 Å². The molecule has 0 bridgehead atoms. The number of anilines is 3. The molecular formula is C29H35FN8O2. The first-order valence-electron chi connectivity index (χ1n) is 13.6. The zero-order chi connectivity index (χ0) is 28.6. The number of carbonyl (C=O) groups is 1. The Balaban J connectivity index is 1.49. The number of H-pyrrole nitrogens is 1. The van der Waals surface area contributed by atoms with Crippen LogP contribution >= 0.6 is 0 Å². The largest absolute Gasteiger partial charge is 0.357 e. The molecular weight excluding hydrogens is 511 g/mol. The van der Waals surface area contributed by atoms with Crippen LogP contribution < -0.4 is 21.5 Å². The summed E-state index contributed by atoms with van der Waals surface area (Å²) >= 11 is 0. The van der Waals surface area contributed by atoms with Crippen molar-refractivity contribution >= 4 is 34.5 Å². The lowest BCUT2D eigenvalue weighted by molar-refractivity contribution is 0.262. The van der Waals surface area contributed by atoms with Crippen LogP contribution in [-0.4, -0.2) is 37.8 Å². The van der Waals surface area contributed by atoms with Crippen molar-refractivity contribution in [3.05, 3.63) is 57.9 Å². The second kappa shape index (κ2) is 10.7. The number of amides is 2. The molecule has 0 atom stereocenters. The van der Waals surface area contributed by atoms with E-state index >= 15 is 4.39 Å². The molecule has 0 unspecified atom stereocenters. The number of benzene rings is 1. The van der Waals surface area contributed by atoms with Gasteiger partial charge in [0.05, 0.1) is 5.69 Å². The Hall–Kier alpha value is -4.28. The number of carbonyl (C=O) groups excluding carboxylic acids is 1. The van der Waals surface area contributed by atoms with E-state index in [0.717, 1.165) is 37.8 Å². The fourth-order valence-corrected chi connectivity index (χ4v) is 5.35. The maximum atomic E-state index is 15.0. The Morgan fingerprint density at radius 2 is 1.88 bits per heavy atom. The maximum Gasteiger partial charge on any atom is 0.324 e. The van der Waals surface area contributed by atoms with Gasteiger partial charge in [0.25, 0.3) is 5.56 Å². The Bertz CT molecular complexity index is 1630. The zero-order valence-corrected chi connectivity index (χ0v) is 23.5. The molecule has 1 saturated carbocycles. The molecule has 3 heterocycles. The average molecular weight is 547 g/mol. The molecule has 0 radical (unpaired) electrons. The SMILES string of the molecule is CNc1ncc2cc(-c3cc(NC(=O)Nc4cc(CC(C)(C)C)[nH]n4)c(F)cc3C)c(=O)n(C3CCCC3)c2n1. The van der Waals surface area contributed by atoms with E-state index < -0.39 is 11.8 Å². The molecule has 0 saturated heterocycles. The monoisotopic (exact) mass is 546 g/mol. The van der Waals surface area contributed by atoms with Gasteiger partial charge in [-0.1, -0.05) is 33.6 Å². The predicted molar refractivity (Wildman–Crippen MR) is 155 cm³/mol. The summed E-state index contributed by atoms with van der Waals surface area (Å²) < 4.78 is 16.8. The number of halogens is 1. The lowest BCUT2D eigenvalue weighted by atomic mass is 9.91. The number of aromatic amines is 1. The van der Waals surface area contributed by atoms with Gasteiger partial charge >= 0.3 is 6.03 Å². The molecule has 5 rings (SSSR count). The van der Waals surface area contributed by atoms with Gasteiger partial charge in [-0.05, 0) is 60.9 Å². The topological polar surface area (TPSA) is 130 Å². The lowest BCUT2D eigenvalue weighted by Gasteiger charge is -2.19. The summed E-state index contributed by atoms with van der Waals surface area (Å²) in [5.74, 6) is 0.162. The zero-order valence-electron chi connectivity index (χ0n) is 23.5. The van der Waals surface area contributed by atoms with Crippen LogP contribution in [0.15, 0.2) is 35.3 Å². The third-order valence-electron chi connectivity index (χ3n) is 7.13. The molecule has 11 heteroatoms. The van der Waals surface area contributed by atoms with E-state index in [1.54, 1.807) is 36.9 Å². The number of rotatable bonds is 6. The molecule has 1 aliphatic carbocycles. The summed E-state index contributed by atoms with van der Waals surface area (Å²) in [6.07, 6.45) is 6.30. The van der Waals surface area contributed by atoms with Crippen LogP contribution in [0.4, 0.5) is 26.6 Å². The highest BCUT2D eigenvalue weighted by molar-refractivity contribution is 6.00. The standard InChI is InChI=1S/C29H35FN8O2/c1-16-10-22(30)23(33-28(40)34-24-12-18(36-37-24)14-29(2,3)4)13-20(16)21-11-17-15-32-27(31-5)35-25(17)38(26(21)39)19-8-6-7-9-19/h10-13,15,19H,6-9,14H2,1-5H3,(H,31,32,35)(H3,33,34,36,37,40). The van der Waals surface area contributed by atoms with Crippen molar-refractivity contribution < 1.29 is 9.18 Å². The van der Waals surface area contributed by atoms with Crippen molar-refractivity contribution in [1.82, 2.24) is 24.7 Å². The lowest BCUT2D eigenvalue weighted by Crippen LogP contribution is -2.26. The van der Waals surface area contributed by atoms with E-state index in [1.807, 2.05) is 0 Å². The number of nitrogens with zero attached hydrogens (tertiary/aromatic N) is 4. The molecule has 10 nitrogen and oxygen atoms in total. The second-order valence-electron chi connectivity index (χ2n) is 11.6. The van der Waals surface area contributed by atoms with Gasteiger partial charge in [-0.2, -0.15) is 10.1 Å². The summed E-state index contributed by atoms with van der Waals surface area (Å²) in [7, 11) is 1.73. The van der Waals surface area contributed by atoms with E-state index in [1.165, 1.54) is 12.1 Å². The maximum absolute atomic E-state index is 15.0. The van der Waals surface area contributed by atoms with Crippen LogP contribution in [0.1, 0.15) is 63.8 Å². The van der Waals surface area contributed by atoms with Gasteiger partial charge in [0.2, 0.25) is 5.95 Å². The highest BCUT2D eigenvalue weighted by atomic mass is 19.1. The summed E-state index contributed by atoms with van der Waals surface area (Å²) in [4.78, 5) is 35.7. The number of aromatic nitrogens is 5. The highest BCUT2D eigenvalue weighted by Gasteiger charge is 2.24. The third kappa shape index (κ3) is 5.68. The van der Waals surface area contributed by atoms with Gasteiger partial charge in [-0.25, -0.2) is 14.2 Å². The number of urea groups is 1. The Morgan fingerprint density at radius 1 is 1.12 bits per heavy atom. The molecule has 0 aliphatic heterocycles. The minimum Gasteiger partial charge on any atom is -0.357 e. The van der Waals surface area contributed by atoms with Gasteiger partial charge in [0.1, 0.15) is 11.5 Å². The van der Waals surface area contributed by atoms with Gasteiger partial charge < -0.3 is 10.6 Å². The minimum atomic E-state index is -0.641. The van der Waals surface area contributed by atoms with E-state index in [0.29, 0.717) is 39.5 Å². The summed E-state index contributed by atoms with van der Waals surface area (Å²) in [6, 6.07) is 5.71. The first kappa shape index (κ1) is 27.3. The molecule has 2 amide bonds. The number of nitrogens with one attached hydrogen (secondary N) is 4. The van der Waals surface area contributed by atoms with E-state index in [-0.39, 0.29) is 22.7 Å². The highest BCUT2D eigenvalue weighted by Crippen LogP contribution is 2.34. The van der Waals surface area contributed by atoms with Crippen molar-refractivity contribution in [2.75, 3.05) is 23.0 Å². The quantitative estimate of drug-likeness (QED) is 0.234. The van der Waals surface area contributed by atoms with Gasteiger partial charge in [0, 0.05) is 42.0 Å². The van der Waals surface area contributed by atoms with E-state index in [2.05, 4.69) is 56.9 Å². The number of hydrogen-bond donors (Lipinski definition) is 4. The first-order valence-corrected chi connectivity index (χ1v) is 13.6. The summed E-state index contributed by atoms with van der Waals surface area (Å²) in [5.41, 5.74) is 2.76. The fourth-order valence-electron chi connectivity index (χ4n) is 5.35. The predicted octanol–water partition coefficient (Wildman–Crippen LogP) is 6.02. The average Bonchev–Trinajstić information content (AvgIpc) is 3.56. The van der Waals surface area contributed by atoms with Crippen LogP contribution in [-0.2, 0) is 6.42 Å².